The summed E-state index contributed by atoms with van der Waals surface area (Å²) in [4.78, 5) is 0. The summed E-state index contributed by atoms with van der Waals surface area (Å²) in [5.74, 6) is 0. The highest BCUT2D eigenvalue weighted by molar-refractivity contribution is 5.86. The van der Waals surface area contributed by atoms with E-state index in [1.165, 1.54) is 0 Å². The molecule has 26 heavy (non-hydrogen) atoms. The van der Waals surface area contributed by atoms with Gasteiger partial charge in [0.05, 0.1) is 11.3 Å². The van der Waals surface area contributed by atoms with E-state index in [0.717, 1.165) is 27.2 Å². The quantitative estimate of drug-likeness (QED) is 0.232. The van der Waals surface area contributed by atoms with Crippen molar-refractivity contribution in [2.24, 2.45) is 0 Å². The molecular weight excluding hydrogens is 322 g/mol. The largest absolute Gasteiger partial charge is 0.618 e. The van der Waals surface area contributed by atoms with Gasteiger partial charge in [0.1, 0.15) is 5.69 Å². The molecule has 0 aliphatic rings. The lowest BCUT2D eigenvalue weighted by molar-refractivity contribution is -0.354. The lowest BCUT2D eigenvalue weighted by Gasteiger charge is -2.02. The Labute approximate surface area is 151 Å². The molecular formula is C22H17N3O. The molecule has 0 saturated heterocycles. The molecule has 0 aliphatic heterocycles. The Balaban J connectivity index is 1.83. The van der Waals surface area contributed by atoms with Crippen molar-refractivity contribution in [3.63, 3.8) is 0 Å². The molecule has 4 aromatic rings. The number of hydrogen-bond acceptors (Lipinski definition) is 2. The summed E-state index contributed by atoms with van der Waals surface area (Å²) in [6.45, 7) is 0. The molecule has 4 rings (SSSR count). The SMILES string of the molecule is [O-]/[N+](=C\c1cn(-c2ccccc2)nc1-c1ccccc1)c1ccccc1. The van der Waals surface area contributed by atoms with Crippen molar-refractivity contribution >= 4 is 11.9 Å². The molecule has 0 aliphatic carbocycles. The van der Waals surface area contributed by atoms with Crippen LogP contribution in [0.3, 0.4) is 0 Å². The van der Waals surface area contributed by atoms with Gasteiger partial charge in [0, 0.05) is 23.9 Å². The first kappa shape index (κ1) is 15.8. The molecule has 4 nitrogen and oxygen atoms in total. The normalized spacial score (nSPS) is 11.5. The highest BCUT2D eigenvalue weighted by atomic mass is 16.5. The molecule has 0 amide bonds. The van der Waals surface area contributed by atoms with Crippen LogP contribution in [0.4, 0.5) is 5.69 Å². The van der Waals surface area contributed by atoms with Crippen molar-refractivity contribution in [3.8, 4) is 16.9 Å². The Morgan fingerprint density at radius 3 is 2.00 bits per heavy atom. The Morgan fingerprint density at radius 2 is 1.35 bits per heavy atom. The predicted molar refractivity (Wildman–Crippen MR) is 104 cm³/mol. The first-order chi connectivity index (χ1) is 12.8. The highest BCUT2D eigenvalue weighted by Crippen LogP contribution is 2.23. The van der Waals surface area contributed by atoms with E-state index in [9.17, 15) is 5.21 Å². The van der Waals surface area contributed by atoms with Gasteiger partial charge in [-0.05, 0) is 12.1 Å². The summed E-state index contributed by atoms with van der Waals surface area (Å²) in [6.07, 6.45) is 3.45. The highest BCUT2D eigenvalue weighted by Gasteiger charge is 2.14. The maximum Gasteiger partial charge on any atom is 0.216 e. The molecule has 1 heterocycles. The van der Waals surface area contributed by atoms with Gasteiger partial charge in [-0.15, -0.1) is 0 Å². The number of rotatable bonds is 4. The molecule has 0 atom stereocenters. The maximum atomic E-state index is 12.6. The van der Waals surface area contributed by atoms with Crippen LogP contribution in [0.25, 0.3) is 16.9 Å². The van der Waals surface area contributed by atoms with Gasteiger partial charge in [-0.1, -0.05) is 66.7 Å². The van der Waals surface area contributed by atoms with Crippen molar-refractivity contribution in [1.82, 2.24) is 9.78 Å². The molecule has 0 radical (unpaired) electrons. The van der Waals surface area contributed by atoms with E-state index >= 15 is 0 Å². The molecule has 3 aromatic carbocycles. The van der Waals surface area contributed by atoms with Gasteiger partial charge in [-0.2, -0.15) is 9.84 Å². The predicted octanol–water partition coefficient (Wildman–Crippen LogP) is 4.80. The van der Waals surface area contributed by atoms with Crippen molar-refractivity contribution in [2.45, 2.75) is 0 Å². The lowest BCUT2D eigenvalue weighted by Crippen LogP contribution is -1.99. The number of aromatic nitrogens is 2. The van der Waals surface area contributed by atoms with Gasteiger partial charge >= 0.3 is 0 Å². The number of benzene rings is 3. The molecule has 0 bridgehead atoms. The Hall–Kier alpha value is -3.66. The van der Waals surface area contributed by atoms with E-state index in [1.807, 2.05) is 85.1 Å². The van der Waals surface area contributed by atoms with E-state index in [1.54, 1.807) is 23.0 Å². The summed E-state index contributed by atoms with van der Waals surface area (Å²) in [7, 11) is 0. The number of para-hydroxylation sites is 2. The summed E-state index contributed by atoms with van der Waals surface area (Å²) < 4.78 is 2.67. The van der Waals surface area contributed by atoms with Crippen molar-refractivity contribution in [2.75, 3.05) is 0 Å². The molecule has 0 spiro atoms. The first-order valence-electron chi connectivity index (χ1n) is 8.38. The van der Waals surface area contributed by atoms with E-state index in [2.05, 4.69) is 0 Å². The molecule has 0 fully saturated rings. The fourth-order valence-electron chi connectivity index (χ4n) is 2.79. The number of nitrogens with zero attached hydrogens (tertiary/aromatic N) is 3. The van der Waals surface area contributed by atoms with Crippen LogP contribution in [0.5, 0.6) is 0 Å². The molecule has 1 aromatic heterocycles. The van der Waals surface area contributed by atoms with Gasteiger partial charge in [-0.3, -0.25) is 0 Å². The van der Waals surface area contributed by atoms with Crippen LogP contribution in [-0.4, -0.2) is 20.7 Å². The molecule has 0 saturated carbocycles. The fourth-order valence-corrected chi connectivity index (χ4v) is 2.79. The van der Waals surface area contributed by atoms with Crippen molar-refractivity contribution in [3.05, 3.63) is 108 Å². The summed E-state index contributed by atoms with van der Waals surface area (Å²) in [6, 6.07) is 28.9. The second-order valence-corrected chi connectivity index (χ2v) is 5.87. The zero-order valence-electron chi connectivity index (χ0n) is 14.1. The van der Waals surface area contributed by atoms with Gasteiger partial charge in [0.15, 0.2) is 6.21 Å². The summed E-state index contributed by atoms with van der Waals surface area (Å²) >= 11 is 0. The topological polar surface area (TPSA) is 43.9 Å². The third kappa shape index (κ3) is 3.26. The second-order valence-electron chi connectivity index (χ2n) is 5.87. The van der Waals surface area contributed by atoms with Crippen LogP contribution in [0, 0.1) is 5.21 Å². The van der Waals surface area contributed by atoms with Crippen LogP contribution >= 0.6 is 0 Å². The van der Waals surface area contributed by atoms with Crippen LogP contribution in [0.1, 0.15) is 5.56 Å². The smallest absolute Gasteiger partial charge is 0.216 e. The third-order valence-corrected chi connectivity index (χ3v) is 4.08. The van der Waals surface area contributed by atoms with Crippen molar-refractivity contribution < 1.29 is 4.74 Å². The molecule has 126 valence electrons. The van der Waals surface area contributed by atoms with Crippen LogP contribution in [0.2, 0.25) is 0 Å². The van der Waals surface area contributed by atoms with E-state index < -0.39 is 0 Å². The monoisotopic (exact) mass is 339 g/mol. The maximum absolute atomic E-state index is 12.6. The standard InChI is InChI=1S/C22H17N3O/c26-25(21-14-8-3-9-15-21)17-19-16-24(20-12-6-2-7-13-20)23-22(19)18-10-4-1-5-11-18/h1-17H/b25-17-. The Kier molecular flexibility index (Phi) is 4.31. The minimum absolute atomic E-state index is 0.582. The summed E-state index contributed by atoms with van der Waals surface area (Å²) in [5.41, 5.74) is 4.03. The Morgan fingerprint density at radius 1 is 0.769 bits per heavy atom. The van der Waals surface area contributed by atoms with Crippen LogP contribution < -0.4 is 0 Å². The first-order valence-corrected chi connectivity index (χ1v) is 8.38. The van der Waals surface area contributed by atoms with Gasteiger partial charge in [0.25, 0.3) is 0 Å². The van der Waals surface area contributed by atoms with E-state index in [4.69, 9.17) is 5.10 Å². The Bertz CT molecular complexity index is 1020. The number of hydrogen-bond donors (Lipinski definition) is 0. The minimum atomic E-state index is 0.582. The van der Waals surface area contributed by atoms with E-state index in [0.29, 0.717) is 5.69 Å². The third-order valence-electron chi connectivity index (χ3n) is 4.08. The fraction of sp³-hybridized carbons (Fsp3) is 0. The zero-order chi connectivity index (χ0) is 17.8. The second kappa shape index (κ2) is 7.07. The van der Waals surface area contributed by atoms with Gasteiger partial charge in [0.2, 0.25) is 5.69 Å². The van der Waals surface area contributed by atoms with Gasteiger partial charge in [-0.25, -0.2) is 4.68 Å². The molecule has 4 heteroatoms. The molecule has 0 N–H and O–H groups in total. The molecule has 0 unspecified atom stereocenters. The van der Waals surface area contributed by atoms with Crippen LogP contribution in [0.15, 0.2) is 97.2 Å². The van der Waals surface area contributed by atoms with E-state index in [-0.39, 0.29) is 0 Å². The summed E-state index contributed by atoms with van der Waals surface area (Å²) in [5, 5.41) is 17.3. The van der Waals surface area contributed by atoms with Gasteiger partial charge < -0.3 is 5.21 Å². The average molecular weight is 339 g/mol. The van der Waals surface area contributed by atoms with Crippen molar-refractivity contribution in [1.29, 1.82) is 0 Å². The lowest BCUT2D eigenvalue weighted by atomic mass is 10.1. The average Bonchev–Trinajstić information content (AvgIpc) is 3.14. The minimum Gasteiger partial charge on any atom is -0.618 e. The van der Waals surface area contributed by atoms with Crippen LogP contribution in [-0.2, 0) is 0 Å². The zero-order valence-corrected chi connectivity index (χ0v) is 14.1.